The summed E-state index contributed by atoms with van der Waals surface area (Å²) >= 11 is 0. The number of hydrogen-bond donors (Lipinski definition) is 3. The van der Waals surface area contributed by atoms with Gasteiger partial charge in [0.1, 0.15) is 0 Å². The van der Waals surface area contributed by atoms with Gasteiger partial charge in [-0.1, -0.05) is 44.4 Å². The van der Waals surface area contributed by atoms with Gasteiger partial charge in [0.15, 0.2) is 0 Å². The second-order valence-corrected chi connectivity index (χ2v) is 11.3. The summed E-state index contributed by atoms with van der Waals surface area (Å²) in [7, 11) is 0. The summed E-state index contributed by atoms with van der Waals surface area (Å²) in [5, 5.41) is 30.3. The number of aliphatic hydroxyl groups excluding tert-OH is 2. The molecule has 0 bridgehead atoms. The van der Waals surface area contributed by atoms with Gasteiger partial charge in [0.25, 0.3) is 0 Å². The zero-order chi connectivity index (χ0) is 22.1. The Morgan fingerprint density at radius 2 is 1.87 bits per heavy atom. The maximum Gasteiger partial charge on any atom is 0.0777 e. The van der Waals surface area contributed by atoms with E-state index in [9.17, 15) is 15.3 Å². The second-order valence-electron chi connectivity index (χ2n) is 11.3. The van der Waals surface area contributed by atoms with Crippen LogP contribution in [0.25, 0.3) is 0 Å². The Morgan fingerprint density at radius 1 is 1.17 bits per heavy atom. The lowest BCUT2D eigenvalue weighted by Gasteiger charge is -2.40. The van der Waals surface area contributed by atoms with Crippen molar-refractivity contribution in [1.29, 1.82) is 0 Å². The zero-order valence-electron chi connectivity index (χ0n) is 19.9. The second kappa shape index (κ2) is 9.30. The molecule has 0 saturated heterocycles. The lowest BCUT2D eigenvalue weighted by Crippen LogP contribution is -2.31. The van der Waals surface area contributed by atoms with E-state index in [0.29, 0.717) is 24.2 Å². The van der Waals surface area contributed by atoms with E-state index in [1.807, 2.05) is 20.8 Å². The van der Waals surface area contributed by atoms with Crippen LogP contribution in [0.2, 0.25) is 0 Å². The predicted molar refractivity (Wildman–Crippen MR) is 124 cm³/mol. The zero-order valence-corrected chi connectivity index (χ0v) is 19.9. The first-order valence-electron chi connectivity index (χ1n) is 12.2. The molecule has 170 valence electrons. The SMILES string of the molecule is CC1=C(/C=C\C2=C3CC[C@H]([C@H](C)CCCC(C)(C)O)[C@@]3(C)CCC2)C[C@@H](O)C[C@@H]1O. The normalized spacial score (nSPS) is 34.1. The van der Waals surface area contributed by atoms with Gasteiger partial charge in [-0.2, -0.15) is 0 Å². The standard InChI is InChI=1S/C27H44O3/c1-18(8-6-14-26(3,4)30)23-12-13-24-20(9-7-15-27(23,24)5)10-11-21-16-22(28)17-25(29)19(21)2/h10-11,18,22-23,25,28-30H,6-9,12-17H2,1-5H3/b11-10-/t18-,22-,23-,25+,27-/m1/s1. The van der Waals surface area contributed by atoms with Crippen LogP contribution in [0.3, 0.4) is 0 Å². The highest BCUT2D eigenvalue weighted by Gasteiger charge is 2.46. The van der Waals surface area contributed by atoms with E-state index in [4.69, 9.17) is 0 Å². The monoisotopic (exact) mass is 416 g/mol. The highest BCUT2D eigenvalue weighted by Crippen LogP contribution is 2.58. The van der Waals surface area contributed by atoms with E-state index >= 15 is 0 Å². The number of hydrogen-bond acceptors (Lipinski definition) is 3. The van der Waals surface area contributed by atoms with E-state index in [2.05, 4.69) is 26.0 Å². The van der Waals surface area contributed by atoms with Crippen LogP contribution in [-0.2, 0) is 0 Å². The van der Waals surface area contributed by atoms with Crippen LogP contribution in [0.4, 0.5) is 0 Å². The molecule has 3 N–H and O–H groups in total. The summed E-state index contributed by atoms with van der Waals surface area (Å²) in [4.78, 5) is 0. The molecule has 1 fully saturated rings. The molecular formula is C27H44O3. The summed E-state index contributed by atoms with van der Waals surface area (Å²) in [5.74, 6) is 1.42. The van der Waals surface area contributed by atoms with Gasteiger partial charge in [-0.15, -0.1) is 0 Å². The quantitative estimate of drug-likeness (QED) is 0.488. The minimum atomic E-state index is -0.555. The third-order valence-electron chi connectivity index (χ3n) is 8.32. The predicted octanol–water partition coefficient (Wildman–Crippen LogP) is 5.85. The fourth-order valence-corrected chi connectivity index (χ4v) is 6.49. The fourth-order valence-electron chi connectivity index (χ4n) is 6.49. The van der Waals surface area contributed by atoms with Crippen molar-refractivity contribution in [2.24, 2.45) is 17.3 Å². The van der Waals surface area contributed by atoms with E-state index in [-0.39, 0.29) is 0 Å². The summed E-state index contributed by atoms with van der Waals surface area (Å²) in [6.45, 7) is 10.7. The van der Waals surface area contributed by atoms with E-state index < -0.39 is 17.8 Å². The fraction of sp³-hybridized carbons (Fsp3) is 0.778. The van der Waals surface area contributed by atoms with Crippen LogP contribution in [0.5, 0.6) is 0 Å². The molecule has 5 atom stereocenters. The number of fused-ring (bicyclic) bond motifs is 1. The molecule has 0 heterocycles. The summed E-state index contributed by atoms with van der Waals surface area (Å²) in [6.07, 6.45) is 14.0. The van der Waals surface area contributed by atoms with Gasteiger partial charge in [0, 0.05) is 6.42 Å². The Balaban J connectivity index is 1.74. The van der Waals surface area contributed by atoms with Gasteiger partial charge in [0.05, 0.1) is 17.8 Å². The highest BCUT2D eigenvalue weighted by molar-refractivity contribution is 5.40. The van der Waals surface area contributed by atoms with Crippen molar-refractivity contribution in [3.63, 3.8) is 0 Å². The Kier molecular flexibility index (Phi) is 7.37. The third kappa shape index (κ3) is 5.29. The molecule has 0 radical (unpaired) electrons. The van der Waals surface area contributed by atoms with Crippen LogP contribution < -0.4 is 0 Å². The summed E-state index contributed by atoms with van der Waals surface area (Å²) in [6, 6.07) is 0. The lowest BCUT2D eigenvalue weighted by molar-refractivity contribution is 0.0641. The molecule has 3 heteroatoms. The van der Waals surface area contributed by atoms with E-state index in [0.717, 1.165) is 36.3 Å². The van der Waals surface area contributed by atoms with Gasteiger partial charge in [0.2, 0.25) is 0 Å². The van der Waals surface area contributed by atoms with Crippen LogP contribution in [0.1, 0.15) is 98.8 Å². The van der Waals surface area contributed by atoms with Crippen molar-refractivity contribution in [1.82, 2.24) is 0 Å². The Hall–Kier alpha value is -0.900. The molecule has 3 aliphatic rings. The van der Waals surface area contributed by atoms with Crippen LogP contribution >= 0.6 is 0 Å². The minimum absolute atomic E-state index is 0.307. The van der Waals surface area contributed by atoms with Gasteiger partial charge in [-0.05, 0) is 99.7 Å². The summed E-state index contributed by atoms with van der Waals surface area (Å²) < 4.78 is 0. The van der Waals surface area contributed by atoms with Crippen molar-refractivity contribution in [3.8, 4) is 0 Å². The van der Waals surface area contributed by atoms with Crippen molar-refractivity contribution < 1.29 is 15.3 Å². The Morgan fingerprint density at radius 3 is 2.57 bits per heavy atom. The first-order valence-corrected chi connectivity index (χ1v) is 12.2. The summed E-state index contributed by atoms with van der Waals surface area (Å²) in [5.41, 5.74) is 5.05. The molecule has 0 aliphatic heterocycles. The van der Waals surface area contributed by atoms with Crippen molar-refractivity contribution >= 4 is 0 Å². The number of aliphatic hydroxyl groups is 3. The molecular weight excluding hydrogens is 372 g/mol. The molecule has 0 aromatic carbocycles. The topological polar surface area (TPSA) is 60.7 Å². The molecule has 3 rings (SSSR count). The van der Waals surface area contributed by atoms with E-state index in [1.54, 1.807) is 5.57 Å². The smallest absolute Gasteiger partial charge is 0.0777 e. The molecule has 0 aromatic rings. The maximum absolute atomic E-state index is 10.2. The van der Waals surface area contributed by atoms with Crippen molar-refractivity contribution in [2.45, 2.75) is 117 Å². The molecule has 0 spiro atoms. The molecule has 0 aromatic heterocycles. The maximum atomic E-state index is 10.2. The average Bonchev–Trinajstić information content (AvgIpc) is 3.00. The molecule has 0 unspecified atom stereocenters. The Labute approximate surface area is 184 Å². The Bertz CT molecular complexity index is 708. The minimum Gasteiger partial charge on any atom is -0.393 e. The molecule has 30 heavy (non-hydrogen) atoms. The van der Waals surface area contributed by atoms with Crippen LogP contribution in [0.15, 0.2) is 34.4 Å². The van der Waals surface area contributed by atoms with Crippen LogP contribution in [0, 0.1) is 17.3 Å². The van der Waals surface area contributed by atoms with E-state index in [1.165, 1.54) is 37.7 Å². The van der Waals surface area contributed by atoms with Crippen molar-refractivity contribution in [3.05, 3.63) is 34.4 Å². The van der Waals surface area contributed by atoms with Gasteiger partial charge in [-0.3, -0.25) is 0 Å². The number of rotatable bonds is 7. The first-order chi connectivity index (χ1) is 14.0. The third-order valence-corrected chi connectivity index (χ3v) is 8.32. The van der Waals surface area contributed by atoms with Crippen LogP contribution in [-0.4, -0.2) is 33.1 Å². The number of allylic oxidation sites excluding steroid dienone is 4. The van der Waals surface area contributed by atoms with Crippen molar-refractivity contribution in [2.75, 3.05) is 0 Å². The largest absolute Gasteiger partial charge is 0.393 e. The molecule has 3 aliphatic carbocycles. The first kappa shape index (κ1) is 23.8. The van der Waals surface area contributed by atoms with Gasteiger partial charge in [-0.25, -0.2) is 0 Å². The van der Waals surface area contributed by atoms with Gasteiger partial charge >= 0.3 is 0 Å². The molecule has 0 amide bonds. The lowest BCUT2D eigenvalue weighted by atomic mass is 9.64. The molecule has 3 nitrogen and oxygen atoms in total. The average molecular weight is 417 g/mol. The van der Waals surface area contributed by atoms with Gasteiger partial charge < -0.3 is 15.3 Å². The highest BCUT2D eigenvalue weighted by atomic mass is 16.3. The molecule has 1 saturated carbocycles.